The smallest absolute Gasteiger partial charge is 0.147 e. The number of nitrogens with zero attached hydrogens (tertiary/aromatic N) is 5. The lowest BCUT2D eigenvalue weighted by Gasteiger charge is -2.41. The predicted octanol–water partition coefficient (Wildman–Crippen LogP) is 1.75. The highest BCUT2D eigenvalue weighted by Gasteiger charge is 2.38. The van der Waals surface area contributed by atoms with E-state index in [-0.39, 0.29) is 0 Å². The molecular formula is C16H21ClN6. The molecule has 3 aliphatic heterocycles. The quantitative estimate of drug-likeness (QED) is 0.784. The number of aromatic nitrogens is 1. The van der Waals surface area contributed by atoms with Crippen LogP contribution in [0.3, 0.4) is 0 Å². The Labute approximate surface area is 141 Å². The summed E-state index contributed by atoms with van der Waals surface area (Å²) >= 11 is 6.56. The third-order valence-electron chi connectivity index (χ3n) is 4.92. The maximum Gasteiger partial charge on any atom is 0.147 e. The lowest BCUT2D eigenvalue weighted by atomic mass is 10.1. The van der Waals surface area contributed by atoms with E-state index in [1.54, 1.807) is 0 Å². The zero-order valence-electron chi connectivity index (χ0n) is 13.7. The summed E-state index contributed by atoms with van der Waals surface area (Å²) in [5.41, 5.74) is 2.78. The first kappa shape index (κ1) is 14.8. The average molecular weight is 333 g/mol. The first-order valence-electron chi connectivity index (χ1n) is 7.88. The Morgan fingerprint density at radius 1 is 1.30 bits per heavy atom. The monoisotopic (exact) mass is 332 g/mol. The second-order valence-electron chi connectivity index (χ2n) is 6.49. The van der Waals surface area contributed by atoms with E-state index in [0.29, 0.717) is 16.9 Å². The van der Waals surface area contributed by atoms with Crippen molar-refractivity contribution in [1.29, 1.82) is 0 Å². The van der Waals surface area contributed by atoms with Gasteiger partial charge in [0.15, 0.2) is 0 Å². The normalized spacial score (nSPS) is 23.7. The van der Waals surface area contributed by atoms with Crippen molar-refractivity contribution in [2.45, 2.75) is 13.0 Å². The molecular weight excluding hydrogens is 312 g/mol. The fourth-order valence-electron chi connectivity index (χ4n) is 3.55. The molecule has 0 bridgehead atoms. The van der Waals surface area contributed by atoms with Crippen molar-refractivity contribution in [3.05, 3.63) is 28.7 Å². The number of fused-ring (bicyclic) bond motifs is 2. The molecule has 1 unspecified atom stereocenters. The van der Waals surface area contributed by atoms with Gasteiger partial charge < -0.3 is 20.0 Å². The van der Waals surface area contributed by atoms with Crippen LogP contribution < -0.4 is 10.2 Å². The number of aliphatic imine (C=N–C) groups is 1. The first-order valence-corrected chi connectivity index (χ1v) is 8.26. The molecule has 1 N–H and O–H groups in total. The Hall–Kier alpha value is -1.79. The molecule has 23 heavy (non-hydrogen) atoms. The van der Waals surface area contributed by atoms with Crippen molar-refractivity contribution in [2.75, 3.05) is 50.5 Å². The van der Waals surface area contributed by atoms with Crippen molar-refractivity contribution in [2.24, 2.45) is 4.99 Å². The van der Waals surface area contributed by atoms with Gasteiger partial charge in [0.05, 0.1) is 28.0 Å². The highest BCUT2D eigenvalue weighted by atomic mass is 35.5. The number of piperazine rings is 1. The maximum atomic E-state index is 6.56. The van der Waals surface area contributed by atoms with E-state index in [0.717, 1.165) is 54.8 Å². The topological polar surface area (TPSA) is 47.0 Å². The Kier molecular flexibility index (Phi) is 3.28. The van der Waals surface area contributed by atoms with Crippen LogP contribution in [0.2, 0.25) is 5.02 Å². The van der Waals surface area contributed by atoms with Crippen molar-refractivity contribution in [3.8, 4) is 0 Å². The Balaban J connectivity index is 1.94. The molecule has 0 aliphatic carbocycles. The summed E-state index contributed by atoms with van der Waals surface area (Å²) < 4.78 is 0. The number of anilines is 2. The van der Waals surface area contributed by atoms with Gasteiger partial charge in [-0.2, -0.15) is 0 Å². The third-order valence-corrected chi connectivity index (χ3v) is 5.38. The van der Waals surface area contributed by atoms with Gasteiger partial charge in [-0.05, 0) is 14.0 Å². The lowest BCUT2D eigenvalue weighted by Crippen LogP contribution is -2.56. The molecule has 3 aliphatic rings. The van der Waals surface area contributed by atoms with Crippen LogP contribution in [0.15, 0.2) is 17.4 Å². The van der Waals surface area contributed by atoms with Gasteiger partial charge in [-0.3, -0.25) is 0 Å². The first-order chi connectivity index (χ1) is 11.0. The Morgan fingerprint density at radius 2 is 2.09 bits per heavy atom. The van der Waals surface area contributed by atoms with Crippen LogP contribution in [0.4, 0.5) is 11.5 Å². The number of nitrogens with one attached hydrogen (secondary N) is 1. The standard InChI is InChI=1S/C16H21ClN6/c1-9-13(17)14-12-15(19-9)22(4)10(2)20-16(12)23-6-5-21(3)8-11(23)7-18-14/h11,18H,2,5-8H2,1,3-4H3. The number of rotatable bonds is 0. The number of aryl methyl sites for hydroxylation is 1. The van der Waals surface area contributed by atoms with Crippen molar-refractivity contribution in [3.63, 3.8) is 0 Å². The molecule has 1 saturated heterocycles. The largest absolute Gasteiger partial charge is 0.381 e. The van der Waals surface area contributed by atoms with E-state index < -0.39 is 0 Å². The van der Waals surface area contributed by atoms with Gasteiger partial charge in [-0.15, -0.1) is 0 Å². The number of pyridine rings is 1. The summed E-state index contributed by atoms with van der Waals surface area (Å²) in [5.74, 6) is 2.55. The average Bonchev–Trinajstić information content (AvgIpc) is 2.67. The molecule has 1 aromatic rings. The SMILES string of the molecule is C=C1N=C2c3c(nc(C)c(Cl)c3NCC3CN(C)CCN23)N1C. The zero-order chi connectivity index (χ0) is 16.3. The molecule has 6 nitrogen and oxygen atoms in total. The van der Waals surface area contributed by atoms with E-state index in [4.69, 9.17) is 21.6 Å². The molecule has 1 atom stereocenters. The van der Waals surface area contributed by atoms with Crippen molar-refractivity contribution in [1.82, 2.24) is 14.8 Å². The van der Waals surface area contributed by atoms with Gasteiger partial charge in [-0.25, -0.2) is 9.98 Å². The summed E-state index contributed by atoms with van der Waals surface area (Å²) in [7, 11) is 4.11. The van der Waals surface area contributed by atoms with E-state index in [9.17, 15) is 0 Å². The molecule has 7 heteroatoms. The van der Waals surface area contributed by atoms with Crippen molar-refractivity contribution >= 4 is 28.9 Å². The molecule has 0 aromatic carbocycles. The fourth-order valence-corrected chi connectivity index (χ4v) is 3.76. The molecule has 0 spiro atoms. The minimum atomic E-state index is 0.361. The molecule has 4 heterocycles. The summed E-state index contributed by atoms with van der Waals surface area (Å²) in [6, 6.07) is 0.361. The summed E-state index contributed by atoms with van der Waals surface area (Å²) in [6.45, 7) is 9.84. The number of likely N-dealkylation sites (N-methyl/N-ethyl adjacent to an activating group) is 1. The third kappa shape index (κ3) is 2.12. The Bertz CT molecular complexity index is 728. The van der Waals surface area contributed by atoms with Crippen LogP contribution >= 0.6 is 11.6 Å². The molecule has 1 fully saturated rings. The second kappa shape index (κ2) is 5.11. The summed E-state index contributed by atoms with van der Waals surface area (Å²) in [5, 5.41) is 4.24. The second-order valence-corrected chi connectivity index (χ2v) is 6.86. The van der Waals surface area contributed by atoms with Gasteiger partial charge in [0.25, 0.3) is 0 Å². The summed E-state index contributed by atoms with van der Waals surface area (Å²) in [4.78, 5) is 16.2. The van der Waals surface area contributed by atoms with Crippen LogP contribution in [0.5, 0.6) is 0 Å². The number of hydrogen-bond donors (Lipinski definition) is 1. The lowest BCUT2D eigenvalue weighted by molar-refractivity contribution is 0.159. The predicted molar refractivity (Wildman–Crippen MR) is 94.5 cm³/mol. The molecule has 0 radical (unpaired) electrons. The van der Waals surface area contributed by atoms with Crippen LogP contribution in [-0.2, 0) is 0 Å². The van der Waals surface area contributed by atoms with E-state index in [2.05, 4.69) is 28.7 Å². The van der Waals surface area contributed by atoms with Crippen LogP contribution in [-0.4, -0.2) is 66.9 Å². The van der Waals surface area contributed by atoms with Crippen LogP contribution in [0.1, 0.15) is 11.3 Å². The summed E-state index contributed by atoms with van der Waals surface area (Å²) in [6.07, 6.45) is 0. The Morgan fingerprint density at radius 3 is 2.87 bits per heavy atom. The fraction of sp³-hybridized carbons (Fsp3) is 0.500. The highest BCUT2D eigenvalue weighted by Crippen LogP contribution is 2.40. The minimum Gasteiger partial charge on any atom is -0.381 e. The highest BCUT2D eigenvalue weighted by molar-refractivity contribution is 6.35. The van der Waals surface area contributed by atoms with E-state index >= 15 is 0 Å². The molecule has 4 rings (SSSR count). The van der Waals surface area contributed by atoms with Gasteiger partial charge in [0, 0.05) is 33.2 Å². The van der Waals surface area contributed by atoms with Gasteiger partial charge in [-0.1, -0.05) is 18.2 Å². The molecule has 122 valence electrons. The van der Waals surface area contributed by atoms with Crippen molar-refractivity contribution < 1.29 is 0 Å². The van der Waals surface area contributed by atoms with E-state index in [1.165, 1.54) is 0 Å². The van der Waals surface area contributed by atoms with Gasteiger partial charge in [0.1, 0.15) is 17.5 Å². The number of halogens is 1. The van der Waals surface area contributed by atoms with Gasteiger partial charge >= 0.3 is 0 Å². The zero-order valence-corrected chi connectivity index (χ0v) is 14.5. The minimum absolute atomic E-state index is 0.361. The van der Waals surface area contributed by atoms with Crippen LogP contribution in [0.25, 0.3) is 0 Å². The number of amidine groups is 1. The maximum absolute atomic E-state index is 6.56. The van der Waals surface area contributed by atoms with Crippen LogP contribution in [0, 0.1) is 6.92 Å². The molecule has 0 saturated carbocycles. The van der Waals surface area contributed by atoms with E-state index in [1.807, 2.05) is 18.9 Å². The molecule has 1 aromatic heterocycles. The number of hydrogen-bond acceptors (Lipinski definition) is 6. The van der Waals surface area contributed by atoms with Gasteiger partial charge in [0.2, 0.25) is 0 Å². The molecule has 0 amide bonds.